The molecule has 1 aliphatic carbocycles. The average molecular weight is 352 g/mol. The number of aromatic nitrogens is 5. The van der Waals surface area contributed by atoms with Crippen molar-refractivity contribution in [2.75, 3.05) is 0 Å². The molecule has 1 amide bonds. The van der Waals surface area contributed by atoms with E-state index < -0.39 is 0 Å². The summed E-state index contributed by atoms with van der Waals surface area (Å²) >= 11 is 0. The fourth-order valence-corrected chi connectivity index (χ4v) is 3.78. The highest BCUT2D eigenvalue weighted by atomic mass is 16.2. The molecule has 4 rings (SSSR count). The first-order valence-corrected chi connectivity index (χ1v) is 9.31. The minimum atomic E-state index is -0.339. The van der Waals surface area contributed by atoms with Crippen LogP contribution in [0.4, 0.5) is 0 Å². The molecule has 0 spiro atoms. The molecule has 136 valence electrons. The maximum Gasteiger partial charge on any atom is 0.243 e. The second kappa shape index (κ2) is 7.27. The van der Waals surface area contributed by atoms with Gasteiger partial charge in [0.2, 0.25) is 5.91 Å². The smallest absolute Gasteiger partial charge is 0.243 e. The molecule has 1 aromatic carbocycles. The van der Waals surface area contributed by atoms with Crippen LogP contribution in [0, 0.1) is 0 Å². The van der Waals surface area contributed by atoms with Gasteiger partial charge in [0, 0.05) is 6.04 Å². The van der Waals surface area contributed by atoms with Crippen LogP contribution in [-0.2, 0) is 11.3 Å². The summed E-state index contributed by atoms with van der Waals surface area (Å²) in [6, 6.07) is 7.95. The highest BCUT2D eigenvalue weighted by Crippen LogP contribution is 2.28. The van der Waals surface area contributed by atoms with Crippen molar-refractivity contribution >= 4 is 16.9 Å². The Labute approximate surface area is 152 Å². The predicted octanol–water partition coefficient (Wildman–Crippen LogP) is 3.01. The van der Waals surface area contributed by atoms with E-state index in [0.717, 1.165) is 29.7 Å². The van der Waals surface area contributed by atoms with Crippen molar-refractivity contribution < 1.29 is 4.79 Å². The van der Waals surface area contributed by atoms with Crippen LogP contribution in [0.3, 0.4) is 0 Å². The van der Waals surface area contributed by atoms with Gasteiger partial charge in [0.05, 0.1) is 23.9 Å². The Kier molecular flexibility index (Phi) is 4.69. The third kappa shape index (κ3) is 3.21. The van der Waals surface area contributed by atoms with Crippen LogP contribution in [0.5, 0.6) is 0 Å². The SMILES string of the molecule is CC(C(=O)NCc1nncn1C1CCCCC1)n1cnc2ccccc21. The molecule has 0 aliphatic heterocycles. The van der Waals surface area contributed by atoms with Crippen LogP contribution < -0.4 is 5.32 Å². The maximum absolute atomic E-state index is 12.7. The Morgan fingerprint density at radius 1 is 1.23 bits per heavy atom. The first-order chi connectivity index (χ1) is 12.7. The number of benzene rings is 1. The Morgan fingerprint density at radius 2 is 2.04 bits per heavy atom. The summed E-state index contributed by atoms with van der Waals surface area (Å²) in [7, 11) is 0. The lowest BCUT2D eigenvalue weighted by Crippen LogP contribution is -2.31. The van der Waals surface area contributed by atoms with Gasteiger partial charge in [0.25, 0.3) is 0 Å². The van der Waals surface area contributed by atoms with E-state index >= 15 is 0 Å². The number of hydrogen-bond donors (Lipinski definition) is 1. The van der Waals surface area contributed by atoms with Gasteiger partial charge in [-0.3, -0.25) is 4.79 Å². The third-order valence-electron chi connectivity index (χ3n) is 5.31. The van der Waals surface area contributed by atoms with Gasteiger partial charge in [-0.15, -0.1) is 10.2 Å². The van der Waals surface area contributed by atoms with E-state index in [-0.39, 0.29) is 11.9 Å². The third-order valence-corrected chi connectivity index (χ3v) is 5.31. The normalized spacial score (nSPS) is 16.7. The van der Waals surface area contributed by atoms with E-state index in [0.29, 0.717) is 12.6 Å². The Hall–Kier alpha value is -2.70. The molecule has 0 saturated heterocycles. The molecule has 0 bridgehead atoms. The zero-order valence-corrected chi connectivity index (χ0v) is 15.0. The number of fused-ring (bicyclic) bond motifs is 1. The zero-order valence-electron chi connectivity index (χ0n) is 15.0. The van der Waals surface area contributed by atoms with Gasteiger partial charge in [-0.05, 0) is 31.9 Å². The summed E-state index contributed by atoms with van der Waals surface area (Å²) in [6.07, 6.45) is 9.65. The molecule has 0 radical (unpaired) electrons. The minimum absolute atomic E-state index is 0.0497. The van der Waals surface area contributed by atoms with Crippen molar-refractivity contribution in [2.24, 2.45) is 0 Å². The number of rotatable bonds is 5. The van der Waals surface area contributed by atoms with Crippen molar-refractivity contribution in [1.29, 1.82) is 0 Å². The van der Waals surface area contributed by atoms with Gasteiger partial charge in [-0.25, -0.2) is 4.98 Å². The van der Waals surface area contributed by atoms with E-state index in [4.69, 9.17) is 0 Å². The lowest BCUT2D eigenvalue weighted by atomic mass is 9.95. The number of nitrogens with one attached hydrogen (secondary N) is 1. The number of para-hydroxylation sites is 2. The highest BCUT2D eigenvalue weighted by molar-refractivity contribution is 5.83. The van der Waals surface area contributed by atoms with E-state index in [2.05, 4.69) is 25.1 Å². The molecule has 3 aromatic rings. The number of amides is 1. The van der Waals surface area contributed by atoms with Gasteiger partial charge < -0.3 is 14.5 Å². The molecular weight excluding hydrogens is 328 g/mol. The van der Waals surface area contributed by atoms with Gasteiger partial charge in [0.15, 0.2) is 5.82 Å². The van der Waals surface area contributed by atoms with Crippen molar-refractivity contribution in [3.05, 3.63) is 42.7 Å². The van der Waals surface area contributed by atoms with Crippen LogP contribution in [0.15, 0.2) is 36.9 Å². The molecule has 7 heteroatoms. The molecule has 1 fully saturated rings. The molecule has 7 nitrogen and oxygen atoms in total. The number of hydrogen-bond acceptors (Lipinski definition) is 4. The first-order valence-electron chi connectivity index (χ1n) is 9.31. The number of nitrogens with zero attached hydrogens (tertiary/aromatic N) is 5. The second-order valence-corrected chi connectivity index (χ2v) is 6.98. The molecule has 1 atom stereocenters. The summed E-state index contributed by atoms with van der Waals surface area (Å²) in [5.41, 5.74) is 1.85. The standard InChI is InChI=1S/C19H24N6O/c1-14(24-12-21-16-9-5-6-10-17(16)24)19(26)20-11-18-23-22-13-25(18)15-7-3-2-4-8-15/h5-6,9-10,12-15H,2-4,7-8,11H2,1H3,(H,20,26). The summed E-state index contributed by atoms with van der Waals surface area (Å²) in [5, 5.41) is 11.3. The van der Waals surface area contributed by atoms with Crippen LogP contribution in [0.1, 0.15) is 56.9 Å². The predicted molar refractivity (Wildman–Crippen MR) is 98.4 cm³/mol. The molecular formula is C19H24N6O. The molecule has 26 heavy (non-hydrogen) atoms. The van der Waals surface area contributed by atoms with Gasteiger partial charge in [-0.1, -0.05) is 31.4 Å². The highest BCUT2D eigenvalue weighted by Gasteiger charge is 2.21. The Balaban J connectivity index is 1.43. The van der Waals surface area contributed by atoms with Gasteiger partial charge in [0.1, 0.15) is 12.4 Å². The summed E-state index contributed by atoms with van der Waals surface area (Å²) in [6.45, 7) is 2.28. The zero-order chi connectivity index (χ0) is 17.9. The summed E-state index contributed by atoms with van der Waals surface area (Å²) in [4.78, 5) is 17.0. The van der Waals surface area contributed by atoms with Crippen molar-refractivity contribution in [3.8, 4) is 0 Å². The topological polar surface area (TPSA) is 77.6 Å². The van der Waals surface area contributed by atoms with E-state index in [9.17, 15) is 4.79 Å². The minimum Gasteiger partial charge on any atom is -0.347 e. The van der Waals surface area contributed by atoms with Crippen LogP contribution in [0.2, 0.25) is 0 Å². The monoisotopic (exact) mass is 352 g/mol. The van der Waals surface area contributed by atoms with Crippen LogP contribution in [0.25, 0.3) is 11.0 Å². The quantitative estimate of drug-likeness (QED) is 0.766. The second-order valence-electron chi connectivity index (χ2n) is 6.98. The molecule has 2 heterocycles. The molecule has 1 saturated carbocycles. The largest absolute Gasteiger partial charge is 0.347 e. The maximum atomic E-state index is 12.7. The van der Waals surface area contributed by atoms with E-state index in [1.165, 1.54) is 19.3 Å². The van der Waals surface area contributed by atoms with Gasteiger partial charge >= 0.3 is 0 Å². The van der Waals surface area contributed by atoms with Crippen LogP contribution >= 0.6 is 0 Å². The lowest BCUT2D eigenvalue weighted by Gasteiger charge is -2.24. The summed E-state index contributed by atoms with van der Waals surface area (Å²) < 4.78 is 4.03. The van der Waals surface area contributed by atoms with E-state index in [1.54, 1.807) is 12.7 Å². The fourth-order valence-electron chi connectivity index (χ4n) is 3.78. The molecule has 1 N–H and O–H groups in total. The van der Waals surface area contributed by atoms with Crippen LogP contribution in [-0.4, -0.2) is 30.2 Å². The Morgan fingerprint density at radius 3 is 2.88 bits per heavy atom. The van der Waals surface area contributed by atoms with E-state index in [1.807, 2.05) is 35.8 Å². The van der Waals surface area contributed by atoms with Gasteiger partial charge in [-0.2, -0.15) is 0 Å². The lowest BCUT2D eigenvalue weighted by molar-refractivity contribution is -0.124. The van der Waals surface area contributed by atoms with Crippen molar-refractivity contribution in [2.45, 2.75) is 57.7 Å². The number of carbonyl (C=O) groups excluding carboxylic acids is 1. The number of carbonyl (C=O) groups is 1. The average Bonchev–Trinajstić information content (AvgIpc) is 3.33. The first kappa shape index (κ1) is 16.8. The molecule has 2 aromatic heterocycles. The molecule has 1 unspecified atom stereocenters. The van der Waals surface area contributed by atoms with Crippen molar-refractivity contribution in [3.63, 3.8) is 0 Å². The molecule has 1 aliphatic rings. The van der Waals surface area contributed by atoms with Crippen molar-refractivity contribution in [1.82, 2.24) is 29.6 Å². The Bertz CT molecular complexity index is 892. The number of imidazole rings is 1. The summed E-state index contributed by atoms with van der Waals surface area (Å²) in [5.74, 6) is 0.777. The fraction of sp³-hybridized carbons (Fsp3) is 0.474.